The number of anilines is 1. The van der Waals surface area contributed by atoms with Gasteiger partial charge in [-0.25, -0.2) is 8.42 Å². The highest BCUT2D eigenvalue weighted by atomic mass is 32.2. The first-order valence-electron chi connectivity index (χ1n) is 8.02. The van der Waals surface area contributed by atoms with Gasteiger partial charge in [0.2, 0.25) is 15.9 Å². The smallest absolute Gasteiger partial charge is 0.320 e. The van der Waals surface area contributed by atoms with Crippen LogP contribution < -0.4 is 10.0 Å². The lowest BCUT2D eigenvalue weighted by Gasteiger charge is -2.07. The van der Waals surface area contributed by atoms with Crippen LogP contribution in [-0.2, 0) is 24.3 Å². The number of ether oxygens (including phenoxy) is 1. The van der Waals surface area contributed by atoms with Gasteiger partial charge in [-0.1, -0.05) is 29.8 Å². The van der Waals surface area contributed by atoms with E-state index in [9.17, 15) is 18.0 Å². The van der Waals surface area contributed by atoms with Gasteiger partial charge in [-0.3, -0.25) is 9.59 Å². The highest BCUT2D eigenvalue weighted by molar-refractivity contribution is 7.89. The third-order valence-corrected chi connectivity index (χ3v) is 4.99. The third-order valence-electron chi connectivity index (χ3n) is 3.57. The van der Waals surface area contributed by atoms with Gasteiger partial charge in [0.05, 0.1) is 12.0 Å². The summed E-state index contributed by atoms with van der Waals surface area (Å²) in [5, 5.41) is 2.65. The molecule has 0 spiro atoms. The molecule has 8 heteroatoms. The molecule has 2 N–H and O–H groups in total. The molecule has 7 nitrogen and oxygen atoms in total. The number of amides is 1. The molecule has 27 heavy (non-hydrogen) atoms. The average Bonchev–Trinajstić information content (AvgIpc) is 2.66. The molecule has 1 amide bonds. The van der Waals surface area contributed by atoms with Crippen molar-refractivity contribution in [1.29, 1.82) is 0 Å². The Hall–Kier alpha value is -2.97. The van der Waals surface area contributed by atoms with Crippen molar-refractivity contribution in [3.63, 3.8) is 0 Å². The van der Waals surface area contributed by atoms with Crippen molar-refractivity contribution in [1.82, 2.24) is 4.72 Å². The molecule has 0 aliphatic rings. The summed E-state index contributed by atoms with van der Waals surface area (Å²) in [6, 6.07) is 13.3. The lowest BCUT2D eigenvalue weighted by atomic mass is 10.1. The summed E-state index contributed by atoms with van der Waals surface area (Å²) >= 11 is 0. The minimum atomic E-state index is -3.84. The van der Waals surface area contributed by atoms with Crippen molar-refractivity contribution < 1.29 is 22.7 Å². The van der Waals surface area contributed by atoms with Crippen LogP contribution >= 0.6 is 0 Å². The zero-order valence-electron chi connectivity index (χ0n) is 14.9. The maximum absolute atomic E-state index is 12.1. The molecule has 0 saturated carbocycles. The van der Waals surface area contributed by atoms with Crippen LogP contribution in [0.15, 0.2) is 59.5 Å². The Balaban J connectivity index is 1.97. The molecule has 0 saturated heterocycles. The first-order chi connectivity index (χ1) is 12.8. The van der Waals surface area contributed by atoms with Crippen LogP contribution in [0.25, 0.3) is 6.08 Å². The summed E-state index contributed by atoms with van der Waals surface area (Å²) in [6.07, 6.45) is 3.08. The minimum absolute atomic E-state index is 0.0281. The lowest BCUT2D eigenvalue weighted by Crippen LogP contribution is -2.30. The van der Waals surface area contributed by atoms with Crippen molar-refractivity contribution in [2.75, 3.05) is 19.0 Å². The highest BCUT2D eigenvalue weighted by Gasteiger charge is 2.15. The molecule has 0 unspecified atom stereocenters. The van der Waals surface area contributed by atoms with Crippen LogP contribution in [0.1, 0.15) is 11.1 Å². The van der Waals surface area contributed by atoms with Crippen molar-refractivity contribution in [3.05, 3.63) is 65.7 Å². The van der Waals surface area contributed by atoms with Gasteiger partial charge in [0.1, 0.15) is 6.54 Å². The lowest BCUT2D eigenvalue weighted by molar-refractivity contribution is -0.139. The largest absolute Gasteiger partial charge is 0.468 e. The van der Waals surface area contributed by atoms with E-state index >= 15 is 0 Å². The number of sulfonamides is 1. The van der Waals surface area contributed by atoms with Crippen molar-refractivity contribution in [3.8, 4) is 0 Å². The second-order valence-electron chi connectivity index (χ2n) is 5.66. The van der Waals surface area contributed by atoms with E-state index in [1.807, 2.05) is 31.2 Å². The maximum atomic E-state index is 12.1. The number of aryl methyl sites for hydroxylation is 1. The van der Waals surface area contributed by atoms with E-state index < -0.39 is 22.5 Å². The monoisotopic (exact) mass is 388 g/mol. The van der Waals surface area contributed by atoms with E-state index in [4.69, 9.17) is 0 Å². The molecule has 0 heterocycles. The van der Waals surface area contributed by atoms with Crippen LogP contribution in [0.2, 0.25) is 0 Å². The van der Waals surface area contributed by atoms with Gasteiger partial charge in [-0.05, 0) is 42.8 Å². The van der Waals surface area contributed by atoms with E-state index in [-0.39, 0.29) is 10.8 Å². The number of hydrogen-bond donors (Lipinski definition) is 2. The molecular formula is C19H20N2O5S. The molecule has 0 aromatic heterocycles. The molecular weight excluding hydrogens is 368 g/mol. The number of esters is 1. The SMILES string of the molecule is COC(=O)CNS(=O)(=O)c1ccc(NC(=O)/C=C/c2ccc(C)cc2)cc1. The summed E-state index contributed by atoms with van der Waals surface area (Å²) < 4.78 is 30.6. The number of benzene rings is 2. The summed E-state index contributed by atoms with van der Waals surface area (Å²) in [5.74, 6) is -1.03. The molecule has 2 aromatic rings. The number of carbonyl (C=O) groups excluding carboxylic acids is 2. The fraction of sp³-hybridized carbons (Fsp3) is 0.158. The van der Waals surface area contributed by atoms with Crippen molar-refractivity contribution in [2.45, 2.75) is 11.8 Å². The van der Waals surface area contributed by atoms with E-state index in [0.29, 0.717) is 5.69 Å². The van der Waals surface area contributed by atoms with Crippen LogP contribution in [0, 0.1) is 6.92 Å². The first kappa shape index (κ1) is 20.3. The minimum Gasteiger partial charge on any atom is -0.468 e. The molecule has 2 rings (SSSR count). The van der Waals surface area contributed by atoms with E-state index in [0.717, 1.165) is 11.1 Å². The Morgan fingerprint density at radius 2 is 1.67 bits per heavy atom. The van der Waals surface area contributed by atoms with Crippen molar-refractivity contribution >= 4 is 33.7 Å². The van der Waals surface area contributed by atoms with Gasteiger partial charge in [-0.15, -0.1) is 0 Å². The molecule has 0 aliphatic heterocycles. The van der Waals surface area contributed by atoms with E-state index in [2.05, 4.69) is 14.8 Å². The van der Waals surface area contributed by atoms with Crippen molar-refractivity contribution in [2.24, 2.45) is 0 Å². The Morgan fingerprint density at radius 3 is 2.26 bits per heavy atom. The van der Waals surface area contributed by atoms with E-state index in [1.165, 1.54) is 37.5 Å². The molecule has 0 fully saturated rings. The van der Waals surface area contributed by atoms with Crippen LogP contribution in [0.4, 0.5) is 5.69 Å². The van der Waals surface area contributed by atoms with Crippen LogP contribution in [-0.4, -0.2) is 33.9 Å². The average molecular weight is 388 g/mol. The molecule has 0 bridgehead atoms. The van der Waals surface area contributed by atoms with Gasteiger partial charge in [0.15, 0.2) is 0 Å². The summed E-state index contributed by atoms with van der Waals surface area (Å²) in [6.45, 7) is 1.52. The Labute approximate surface area is 158 Å². The van der Waals surface area contributed by atoms with Gasteiger partial charge < -0.3 is 10.1 Å². The number of nitrogens with one attached hydrogen (secondary N) is 2. The van der Waals surface area contributed by atoms with Gasteiger partial charge >= 0.3 is 5.97 Å². The number of rotatable bonds is 7. The zero-order chi connectivity index (χ0) is 19.9. The molecule has 2 aromatic carbocycles. The highest BCUT2D eigenvalue weighted by Crippen LogP contribution is 2.14. The second-order valence-corrected chi connectivity index (χ2v) is 7.43. The second kappa shape index (κ2) is 9.11. The predicted molar refractivity (Wildman–Crippen MR) is 102 cm³/mol. The zero-order valence-corrected chi connectivity index (χ0v) is 15.7. The topological polar surface area (TPSA) is 102 Å². The van der Waals surface area contributed by atoms with Gasteiger partial charge in [-0.2, -0.15) is 4.72 Å². The van der Waals surface area contributed by atoms with Crippen LogP contribution in [0.3, 0.4) is 0 Å². The summed E-state index contributed by atoms with van der Waals surface area (Å²) in [5.41, 5.74) is 2.47. The fourth-order valence-corrected chi connectivity index (χ4v) is 3.03. The molecule has 0 atom stereocenters. The summed E-state index contributed by atoms with van der Waals surface area (Å²) in [7, 11) is -2.67. The molecule has 142 valence electrons. The Bertz CT molecular complexity index is 933. The predicted octanol–water partition coefficient (Wildman–Crippen LogP) is 2.10. The Kier molecular flexibility index (Phi) is 6.86. The first-order valence-corrected chi connectivity index (χ1v) is 9.51. The molecule has 0 aliphatic carbocycles. The normalized spacial score (nSPS) is 11.3. The quantitative estimate of drug-likeness (QED) is 0.559. The van der Waals surface area contributed by atoms with E-state index in [1.54, 1.807) is 6.08 Å². The number of methoxy groups -OCH3 is 1. The fourth-order valence-electron chi connectivity index (χ4n) is 2.06. The maximum Gasteiger partial charge on any atom is 0.320 e. The van der Waals surface area contributed by atoms with Gasteiger partial charge in [0, 0.05) is 11.8 Å². The van der Waals surface area contributed by atoms with Crippen LogP contribution in [0.5, 0.6) is 0 Å². The molecule has 0 radical (unpaired) electrons. The standard InChI is InChI=1S/C19H20N2O5S/c1-14-3-5-15(6-4-14)7-12-18(22)21-16-8-10-17(11-9-16)27(24,25)20-13-19(23)26-2/h3-12,20H,13H2,1-2H3,(H,21,22)/b12-7+. The third kappa shape index (κ3) is 6.36. The number of hydrogen-bond acceptors (Lipinski definition) is 5. The summed E-state index contributed by atoms with van der Waals surface area (Å²) in [4.78, 5) is 23.0. The Morgan fingerprint density at radius 1 is 1.04 bits per heavy atom. The van der Waals surface area contributed by atoms with Gasteiger partial charge in [0.25, 0.3) is 0 Å². The number of carbonyl (C=O) groups is 2.